The topological polar surface area (TPSA) is 102 Å². The van der Waals surface area contributed by atoms with Crippen molar-refractivity contribution in [2.24, 2.45) is 5.10 Å². The minimum absolute atomic E-state index is 0.0748. The monoisotopic (exact) mass is 421 g/mol. The number of hydrogen-bond donors (Lipinski definition) is 3. The molecule has 7 nitrogen and oxygen atoms in total. The van der Waals surface area contributed by atoms with Gasteiger partial charge in [0.05, 0.1) is 6.54 Å². The first-order valence-corrected chi connectivity index (χ1v) is 8.56. The lowest BCUT2D eigenvalue weighted by atomic mass is 10.0. The number of nitrogens with zero attached hydrogens (tertiary/aromatic N) is 2. The second-order valence-electron chi connectivity index (χ2n) is 5.06. The first kappa shape index (κ1) is 21.3. The molecule has 1 aliphatic rings. The van der Waals surface area contributed by atoms with Crippen LogP contribution in [0.25, 0.3) is 5.76 Å². The van der Waals surface area contributed by atoms with E-state index in [0.717, 1.165) is 16.5 Å². The van der Waals surface area contributed by atoms with Crippen molar-refractivity contribution in [2.45, 2.75) is 26.8 Å². The molecule has 26 heavy (non-hydrogen) atoms. The number of halogens is 1. The molecule has 0 aromatic heterocycles. The molecule has 0 saturated heterocycles. The Balaban J connectivity index is 0.000000765. The van der Waals surface area contributed by atoms with Crippen molar-refractivity contribution in [1.29, 1.82) is 0 Å². The highest BCUT2D eigenvalue weighted by atomic mass is 79.9. The number of carboxylic acid groups (broad SMARTS) is 1. The predicted molar refractivity (Wildman–Crippen MR) is 103 cm³/mol. The van der Waals surface area contributed by atoms with E-state index in [2.05, 4.69) is 32.3 Å². The highest BCUT2D eigenvalue weighted by Gasteiger charge is 2.29. The van der Waals surface area contributed by atoms with Crippen LogP contribution in [-0.4, -0.2) is 39.9 Å². The molecule has 138 valence electrons. The number of carboxylic acids is 1. The first-order valence-electron chi connectivity index (χ1n) is 7.77. The van der Waals surface area contributed by atoms with Crippen molar-refractivity contribution in [3.8, 4) is 12.3 Å². The normalized spacial score (nSPS) is 12.8. The summed E-state index contributed by atoms with van der Waals surface area (Å²) in [6.45, 7) is 3.38. The number of rotatable bonds is 4. The third-order valence-corrected chi connectivity index (χ3v) is 3.69. The minimum Gasteiger partial charge on any atom is -0.505 e. The van der Waals surface area contributed by atoms with Gasteiger partial charge in [0, 0.05) is 22.7 Å². The SMILES string of the molecule is C#CCC.C/C=N\N1Cc2cc(Br)ccc2C(O)=C1C(=O)NCC(=O)O. The fourth-order valence-electron chi connectivity index (χ4n) is 2.12. The van der Waals surface area contributed by atoms with Gasteiger partial charge in [-0.1, -0.05) is 22.9 Å². The highest BCUT2D eigenvalue weighted by molar-refractivity contribution is 9.10. The van der Waals surface area contributed by atoms with Crippen LogP contribution in [0.1, 0.15) is 31.4 Å². The molecule has 1 aromatic rings. The standard InChI is InChI=1S/C14H14BrN3O4.C4H6/c1-2-17-18-7-8-5-9(15)3-4-10(8)13(21)12(18)14(22)16-6-11(19)20;1-3-4-2/h2-5,21H,6-7H2,1H3,(H,16,22)(H,19,20);1H,4H2,2H3/b17-2-;. The van der Waals surface area contributed by atoms with Crippen LogP contribution in [0, 0.1) is 12.3 Å². The molecule has 0 radical (unpaired) electrons. The lowest BCUT2D eigenvalue weighted by Gasteiger charge is -2.28. The van der Waals surface area contributed by atoms with E-state index in [-0.39, 0.29) is 11.5 Å². The highest BCUT2D eigenvalue weighted by Crippen LogP contribution is 2.32. The van der Waals surface area contributed by atoms with Crippen molar-refractivity contribution in [3.63, 3.8) is 0 Å². The van der Waals surface area contributed by atoms with Crippen LogP contribution in [0.3, 0.4) is 0 Å². The Morgan fingerprint density at radius 3 is 2.69 bits per heavy atom. The average molecular weight is 422 g/mol. The molecule has 1 aliphatic heterocycles. The number of aliphatic hydroxyl groups is 1. The number of carbonyl (C=O) groups excluding carboxylic acids is 1. The van der Waals surface area contributed by atoms with Crippen LogP contribution in [0.15, 0.2) is 33.5 Å². The Hall–Kier alpha value is -2.79. The van der Waals surface area contributed by atoms with E-state index in [1.165, 1.54) is 11.2 Å². The van der Waals surface area contributed by atoms with E-state index in [9.17, 15) is 14.7 Å². The summed E-state index contributed by atoms with van der Waals surface area (Å²) in [4.78, 5) is 22.7. The predicted octanol–water partition coefficient (Wildman–Crippen LogP) is 2.73. The number of fused-ring (bicyclic) bond motifs is 1. The second-order valence-corrected chi connectivity index (χ2v) is 5.98. The van der Waals surface area contributed by atoms with Crippen LogP contribution >= 0.6 is 15.9 Å². The molecule has 0 saturated carbocycles. The van der Waals surface area contributed by atoms with Gasteiger partial charge in [-0.2, -0.15) is 5.10 Å². The smallest absolute Gasteiger partial charge is 0.322 e. The molecule has 3 N–H and O–H groups in total. The number of benzene rings is 1. The van der Waals surface area contributed by atoms with Gasteiger partial charge in [-0.15, -0.1) is 12.3 Å². The molecule has 1 heterocycles. The first-order chi connectivity index (χ1) is 12.3. The third-order valence-electron chi connectivity index (χ3n) is 3.20. The van der Waals surface area contributed by atoms with Gasteiger partial charge < -0.3 is 15.5 Å². The van der Waals surface area contributed by atoms with Gasteiger partial charge in [0.15, 0.2) is 11.5 Å². The van der Waals surface area contributed by atoms with E-state index in [1.54, 1.807) is 19.1 Å². The molecule has 0 bridgehead atoms. The lowest BCUT2D eigenvalue weighted by molar-refractivity contribution is -0.137. The molecule has 0 atom stereocenters. The summed E-state index contributed by atoms with van der Waals surface area (Å²) in [5.41, 5.74) is 1.24. The van der Waals surface area contributed by atoms with Gasteiger partial charge in [-0.3, -0.25) is 14.6 Å². The molecule has 1 amide bonds. The van der Waals surface area contributed by atoms with Crippen molar-refractivity contribution in [3.05, 3.63) is 39.5 Å². The number of nitrogens with one attached hydrogen (secondary N) is 1. The number of aliphatic hydroxyl groups excluding tert-OH is 1. The third kappa shape index (κ3) is 5.63. The summed E-state index contributed by atoms with van der Waals surface area (Å²) in [5.74, 6) is 0.334. The Morgan fingerprint density at radius 2 is 2.15 bits per heavy atom. The maximum absolute atomic E-state index is 12.2. The number of carbonyl (C=O) groups is 2. The Labute approximate surface area is 160 Å². The van der Waals surface area contributed by atoms with Gasteiger partial charge in [-0.05, 0) is 30.7 Å². The molecule has 0 fully saturated rings. The van der Waals surface area contributed by atoms with Crippen LogP contribution < -0.4 is 5.32 Å². The quantitative estimate of drug-likeness (QED) is 0.512. The zero-order chi connectivity index (χ0) is 19.7. The second kappa shape index (κ2) is 10.3. The number of hydrogen-bond acceptors (Lipinski definition) is 5. The summed E-state index contributed by atoms with van der Waals surface area (Å²) in [6, 6.07) is 5.27. The van der Waals surface area contributed by atoms with Crippen LogP contribution in [0.5, 0.6) is 0 Å². The fourth-order valence-corrected chi connectivity index (χ4v) is 2.53. The van der Waals surface area contributed by atoms with E-state index >= 15 is 0 Å². The Kier molecular flexibility index (Phi) is 8.38. The van der Waals surface area contributed by atoms with Crippen LogP contribution in [-0.2, 0) is 16.1 Å². The molecule has 2 rings (SSSR count). The summed E-state index contributed by atoms with van der Waals surface area (Å²) in [6.07, 6.45) is 7.11. The Morgan fingerprint density at radius 1 is 1.50 bits per heavy atom. The zero-order valence-electron chi connectivity index (χ0n) is 14.5. The van der Waals surface area contributed by atoms with E-state index in [0.29, 0.717) is 12.1 Å². The number of hydrazone groups is 1. The average Bonchev–Trinajstić information content (AvgIpc) is 2.60. The molecule has 0 spiro atoms. The fraction of sp³-hybridized carbons (Fsp3) is 0.278. The van der Waals surface area contributed by atoms with Crippen molar-refractivity contribution in [1.82, 2.24) is 10.3 Å². The van der Waals surface area contributed by atoms with E-state index < -0.39 is 18.4 Å². The lowest BCUT2D eigenvalue weighted by Crippen LogP contribution is -2.37. The van der Waals surface area contributed by atoms with Crippen LogP contribution in [0.2, 0.25) is 0 Å². The van der Waals surface area contributed by atoms with Gasteiger partial charge in [0.25, 0.3) is 5.91 Å². The summed E-state index contributed by atoms with van der Waals surface area (Å²) in [7, 11) is 0. The number of aliphatic carboxylic acids is 1. The summed E-state index contributed by atoms with van der Waals surface area (Å²) >= 11 is 3.35. The molecule has 1 aromatic carbocycles. The molecule has 0 aliphatic carbocycles. The van der Waals surface area contributed by atoms with Gasteiger partial charge >= 0.3 is 5.97 Å². The largest absolute Gasteiger partial charge is 0.505 e. The van der Waals surface area contributed by atoms with Gasteiger partial charge in [0.1, 0.15) is 6.54 Å². The molecule has 8 heteroatoms. The number of terminal acetylenes is 1. The summed E-state index contributed by atoms with van der Waals surface area (Å²) in [5, 5.41) is 26.7. The van der Waals surface area contributed by atoms with Crippen molar-refractivity contribution in [2.75, 3.05) is 6.54 Å². The zero-order valence-corrected chi connectivity index (χ0v) is 16.1. The maximum atomic E-state index is 12.2. The Bertz CT molecular complexity index is 781. The van der Waals surface area contributed by atoms with Gasteiger partial charge in [-0.25, -0.2) is 0 Å². The van der Waals surface area contributed by atoms with Gasteiger partial charge in [0.2, 0.25) is 0 Å². The van der Waals surface area contributed by atoms with E-state index in [1.807, 2.05) is 13.0 Å². The van der Waals surface area contributed by atoms with Crippen molar-refractivity contribution >= 4 is 39.8 Å². The minimum atomic E-state index is -1.17. The van der Waals surface area contributed by atoms with Crippen molar-refractivity contribution < 1.29 is 19.8 Å². The van der Waals surface area contributed by atoms with E-state index in [4.69, 9.17) is 11.5 Å². The maximum Gasteiger partial charge on any atom is 0.322 e. The molecular formula is C18H20BrN3O4. The summed E-state index contributed by atoms with van der Waals surface area (Å²) < 4.78 is 0.846. The molecule has 0 unspecified atom stereocenters. The number of amides is 1. The van der Waals surface area contributed by atoms with Crippen LogP contribution in [0.4, 0.5) is 0 Å². The molecular weight excluding hydrogens is 402 g/mol.